The predicted octanol–water partition coefficient (Wildman–Crippen LogP) is 4.25. The molecule has 0 saturated carbocycles. The summed E-state index contributed by atoms with van der Waals surface area (Å²) in [5, 5.41) is 3.38. The smallest absolute Gasteiger partial charge is 0.329 e. The SMILES string of the molecule is Cc1cccc2scc(Cn3c(=O)n(C4CCOC(=O)C4)c4ccccc43)c12. The van der Waals surface area contributed by atoms with Crippen molar-refractivity contribution < 1.29 is 9.53 Å². The highest BCUT2D eigenvalue weighted by Crippen LogP contribution is 2.31. The Labute approximate surface area is 165 Å². The van der Waals surface area contributed by atoms with Crippen LogP contribution in [-0.2, 0) is 16.1 Å². The van der Waals surface area contributed by atoms with Crippen LogP contribution in [0.1, 0.15) is 30.0 Å². The molecule has 3 heterocycles. The van der Waals surface area contributed by atoms with E-state index in [1.54, 1.807) is 15.9 Å². The van der Waals surface area contributed by atoms with Crippen LogP contribution in [-0.4, -0.2) is 21.7 Å². The summed E-state index contributed by atoms with van der Waals surface area (Å²) in [7, 11) is 0. The van der Waals surface area contributed by atoms with Crippen molar-refractivity contribution in [2.45, 2.75) is 32.4 Å². The summed E-state index contributed by atoms with van der Waals surface area (Å²) >= 11 is 1.71. The molecule has 0 radical (unpaired) electrons. The van der Waals surface area contributed by atoms with Gasteiger partial charge in [-0.15, -0.1) is 11.3 Å². The molecular formula is C22H20N2O3S. The van der Waals surface area contributed by atoms with E-state index in [4.69, 9.17) is 4.74 Å². The number of imidazole rings is 1. The highest BCUT2D eigenvalue weighted by atomic mass is 32.1. The Bertz CT molecular complexity index is 1260. The van der Waals surface area contributed by atoms with Gasteiger partial charge in [-0.1, -0.05) is 24.3 Å². The van der Waals surface area contributed by atoms with Gasteiger partial charge in [0.2, 0.25) is 0 Å². The monoisotopic (exact) mass is 392 g/mol. The Morgan fingerprint density at radius 2 is 1.93 bits per heavy atom. The van der Waals surface area contributed by atoms with Crippen LogP contribution in [0, 0.1) is 6.92 Å². The van der Waals surface area contributed by atoms with E-state index < -0.39 is 0 Å². The first-order valence-corrected chi connectivity index (χ1v) is 10.3. The van der Waals surface area contributed by atoms with E-state index in [-0.39, 0.29) is 24.1 Å². The van der Waals surface area contributed by atoms with Crippen LogP contribution < -0.4 is 5.69 Å². The number of aryl methyl sites for hydroxylation is 1. The number of carbonyl (C=O) groups is 1. The first-order chi connectivity index (χ1) is 13.6. The van der Waals surface area contributed by atoms with Crippen LogP contribution in [0.2, 0.25) is 0 Å². The standard InChI is InChI=1S/C22H20N2O3S/c1-14-5-4-8-19-21(14)15(13-28-19)12-23-17-6-2-3-7-18(17)24(22(23)26)16-9-10-27-20(25)11-16/h2-8,13,16H,9-12H2,1H3. The van der Waals surface area contributed by atoms with Gasteiger partial charge in [0, 0.05) is 16.5 Å². The second kappa shape index (κ2) is 6.63. The van der Waals surface area contributed by atoms with Crippen molar-refractivity contribution in [1.82, 2.24) is 9.13 Å². The average Bonchev–Trinajstić information content (AvgIpc) is 3.22. The second-order valence-electron chi connectivity index (χ2n) is 7.30. The Morgan fingerprint density at radius 3 is 2.75 bits per heavy atom. The van der Waals surface area contributed by atoms with Crippen molar-refractivity contribution in [3.63, 3.8) is 0 Å². The molecule has 6 heteroatoms. The van der Waals surface area contributed by atoms with Gasteiger partial charge in [-0.2, -0.15) is 0 Å². The lowest BCUT2D eigenvalue weighted by molar-refractivity contribution is -0.148. The van der Waals surface area contributed by atoms with E-state index in [2.05, 4.69) is 30.5 Å². The second-order valence-corrected chi connectivity index (χ2v) is 8.21. The maximum absolute atomic E-state index is 13.4. The largest absolute Gasteiger partial charge is 0.466 e. The first kappa shape index (κ1) is 17.3. The molecule has 5 rings (SSSR count). The van der Waals surface area contributed by atoms with Crippen molar-refractivity contribution in [1.29, 1.82) is 0 Å². The van der Waals surface area contributed by atoms with Gasteiger partial charge in [-0.05, 0) is 41.6 Å². The third-order valence-corrected chi connectivity index (χ3v) is 6.56. The van der Waals surface area contributed by atoms with E-state index in [0.29, 0.717) is 19.6 Å². The molecule has 4 aromatic rings. The normalized spacial score (nSPS) is 17.3. The van der Waals surface area contributed by atoms with Crippen molar-refractivity contribution in [3.8, 4) is 0 Å². The number of aromatic nitrogens is 2. The van der Waals surface area contributed by atoms with Gasteiger partial charge in [0.25, 0.3) is 0 Å². The van der Waals surface area contributed by atoms with Gasteiger partial charge in [0.05, 0.1) is 36.6 Å². The molecule has 142 valence electrons. The molecule has 0 aliphatic carbocycles. The quantitative estimate of drug-likeness (QED) is 0.490. The molecule has 0 bridgehead atoms. The van der Waals surface area contributed by atoms with Crippen LogP contribution in [0.4, 0.5) is 0 Å². The van der Waals surface area contributed by atoms with Crippen LogP contribution in [0.25, 0.3) is 21.1 Å². The zero-order valence-corrected chi connectivity index (χ0v) is 16.4. The van der Waals surface area contributed by atoms with Gasteiger partial charge >= 0.3 is 11.7 Å². The average molecular weight is 392 g/mol. The summed E-state index contributed by atoms with van der Waals surface area (Å²) in [6.45, 7) is 3.00. The number of fused-ring (bicyclic) bond motifs is 2. The first-order valence-electron chi connectivity index (χ1n) is 9.44. The number of hydrogen-bond acceptors (Lipinski definition) is 4. The molecule has 28 heavy (non-hydrogen) atoms. The Balaban J connectivity index is 1.67. The fraction of sp³-hybridized carbons (Fsp3) is 0.273. The predicted molar refractivity (Wildman–Crippen MR) is 111 cm³/mol. The fourth-order valence-corrected chi connectivity index (χ4v) is 5.28. The number of ether oxygens (including phenoxy) is 1. The zero-order valence-electron chi connectivity index (χ0n) is 15.6. The third-order valence-electron chi connectivity index (χ3n) is 5.56. The summed E-state index contributed by atoms with van der Waals surface area (Å²) in [6, 6.07) is 14.0. The lowest BCUT2D eigenvalue weighted by Gasteiger charge is -2.22. The van der Waals surface area contributed by atoms with Crippen LogP contribution in [0.3, 0.4) is 0 Å². The van der Waals surface area contributed by atoms with Crippen molar-refractivity contribution in [2.24, 2.45) is 0 Å². The van der Waals surface area contributed by atoms with Crippen LogP contribution >= 0.6 is 11.3 Å². The molecule has 1 fully saturated rings. The lowest BCUT2D eigenvalue weighted by Crippen LogP contribution is -2.32. The van der Waals surface area contributed by atoms with Gasteiger partial charge < -0.3 is 4.74 Å². The Kier molecular flexibility index (Phi) is 4.09. The van der Waals surface area contributed by atoms with E-state index in [9.17, 15) is 9.59 Å². The number of cyclic esters (lactones) is 1. The lowest BCUT2D eigenvalue weighted by atomic mass is 10.1. The molecule has 1 aliphatic rings. The number of benzene rings is 2. The van der Waals surface area contributed by atoms with E-state index >= 15 is 0 Å². The molecule has 1 unspecified atom stereocenters. The molecule has 5 nitrogen and oxygen atoms in total. The molecule has 0 spiro atoms. The highest BCUT2D eigenvalue weighted by Gasteiger charge is 2.27. The maximum atomic E-state index is 13.4. The molecule has 0 N–H and O–H groups in total. The Hall–Kier alpha value is -2.86. The number of hydrogen-bond donors (Lipinski definition) is 0. The number of nitrogens with zero attached hydrogens (tertiary/aromatic N) is 2. The zero-order chi connectivity index (χ0) is 19.3. The maximum Gasteiger partial charge on any atom is 0.329 e. The summed E-state index contributed by atoms with van der Waals surface area (Å²) < 4.78 is 9.94. The number of esters is 1. The van der Waals surface area contributed by atoms with E-state index in [1.165, 1.54) is 15.6 Å². The van der Waals surface area contributed by atoms with E-state index in [0.717, 1.165) is 16.6 Å². The molecular weight excluding hydrogens is 372 g/mol. The molecule has 1 saturated heterocycles. The van der Waals surface area contributed by atoms with Gasteiger partial charge in [-0.25, -0.2) is 4.79 Å². The minimum absolute atomic E-state index is 0.0613. The number of rotatable bonds is 3. The molecule has 0 amide bonds. The fourth-order valence-electron chi connectivity index (χ4n) is 4.25. The Morgan fingerprint density at radius 1 is 1.11 bits per heavy atom. The van der Waals surface area contributed by atoms with Gasteiger partial charge in [0.15, 0.2) is 0 Å². The number of thiophene rings is 1. The van der Waals surface area contributed by atoms with Crippen molar-refractivity contribution >= 4 is 38.4 Å². The topological polar surface area (TPSA) is 53.2 Å². The molecule has 2 aromatic carbocycles. The summed E-state index contributed by atoms with van der Waals surface area (Å²) in [4.78, 5) is 25.2. The van der Waals surface area contributed by atoms with Crippen LogP contribution in [0.5, 0.6) is 0 Å². The van der Waals surface area contributed by atoms with Gasteiger partial charge in [-0.3, -0.25) is 13.9 Å². The van der Waals surface area contributed by atoms with Crippen molar-refractivity contribution in [3.05, 3.63) is 69.5 Å². The third kappa shape index (κ3) is 2.67. The minimum Gasteiger partial charge on any atom is -0.466 e. The van der Waals surface area contributed by atoms with Crippen molar-refractivity contribution in [2.75, 3.05) is 6.61 Å². The molecule has 1 aliphatic heterocycles. The van der Waals surface area contributed by atoms with Crippen LogP contribution in [0.15, 0.2) is 52.6 Å². The number of carbonyl (C=O) groups excluding carboxylic acids is 1. The summed E-state index contributed by atoms with van der Waals surface area (Å²) in [5.41, 5.74) is 4.10. The van der Waals surface area contributed by atoms with E-state index in [1.807, 2.05) is 28.8 Å². The summed E-state index contributed by atoms with van der Waals surface area (Å²) in [6.07, 6.45) is 0.911. The number of para-hydroxylation sites is 2. The van der Waals surface area contributed by atoms with Gasteiger partial charge in [0.1, 0.15) is 0 Å². The highest BCUT2D eigenvalue weighted by molar-refractivity contribution is 7.17. The summed E-state index contributed by atoms with van der Waals surface area (Å²) in [5.74, 6) is -0.237. The minimum atomic E-state index is -0.237. The molecule has 1 atom stereocenters. The molecule has 2 aromatic heterocycles.